The molecule has 0 saturated heterocycles. The Balaban J connectivity index is 3.69. The number of ether oxygens (including phenoxy) is 1. The van der Waals surface area contributed by atoms with Crippen LogP contribution in [0.1, 0.15) is 36.7 Å². The molecule has 0 unspecified atom stereocenters. The van der Waals surface area contributed by atoms with Crippen LogP contribution in [0.4, 0.5) is 11.4 Å². The summed E-state index contributed by atoms with van der Waals surface area (Å²) in [4.78, 5) is 11.8. The normalized spacial score (nSPS) is 9.80. The number of nitriles is 1. The molecular formula is C14H19N3O3. The number of hydroxylamine groups is 1. The molecule has 0 fully saturated rings. The second-order valence-corrected chi connectivity index (χ2v) is 4.19. The van der Waals surface area contributed by atoms with Gasteiger partial charge in [-0.25, -0.2) is 0 Å². The minimum atomic E-state index is -0.189. The van der Waals surface area contributed by atoms with Crippen molar-refractivity contribution in [1.29, 1.82) is 5.26 Å². The van der Waals surface area contributed by atoms with Crippen molar-refractivity contribution in [2.75, 3.05) is 24.0 Å². The molecule has 0 spiro atoms. The molecule has 0 aromatic heterocycles. The molecule has 0 aliphatic rings. The third-order valence-electron chi connectivity index (χ3n) is 3.05. The Morgan fingerprint density at radius 1 is 1.55 bits per heavy atom. The van der Waals surface area contributed by atoms with Crippen molar-refractivity contribution in [3.05, 3.63) is 17.2 Å². The van der Waals surface area contributed by atoms with E-state index in [2.05, 4.69) is 5.32 Å². The van der Waals surface area contributed by atoms with E-state index in [4.69, 9.17) is 10.00 Å². The van der Waals surface area contributed by atoms with Gasteiger partial charge in [0.2, 0.25) is 0 Å². The van der Waals surface area contributed by atoms with Gasteiger partial charge in [0.15, 0.2) is 12.0 Å². The van der Waals surface area contributed by atoms with E-state index in [0.717, 1.165) is 5.06 Å². The fraction of sp³-hybridized carbons (Fsp3) is 0.429. The van der Waals surface area contributed by atoms with Crippen molar-refractivity contribution in [1.82, 2.24) is 0 Å². The first-order chi connectivity index (χ1) is 9.51. The number of carbonyl (C=O) groups excluding carboxylic acids is 1. The van der Waals surface area contributed by atoms with Crippen LogP contribution in [0.15, 0.2) is 6.07 Å². The van der Waals surface area contributed by atoms with Crippen LogP contribution < -0.4 is 15.1 Å². The van der Waals surface area contributed by atoms with E-state index in [1.807, 2.05) is 13.1 Å². The van der Waals surface area contributed by atoms with Crippen molar-refractivity contribution in [3.63, 3.8) is 0 Å². The Morgan fingerprint density at radius 2 is 2.20 bits per heavy atom. The Labute approximate surface area is 118 Å². The maximum absolute atomic E-state index is 11.8. The number of nitrogens with one attached hydrogen (secondary N) is 1. The number of anilines is 2. The number of hydrogen-bond acceptors (Lipinski definition) is 6. The van der Waals surface area contributed by atoms with Crippen LogP contribution in [0.2, 0.25) is 0 Å². The number of methoxy groups -OCH3 is 1. The van der Waals surface area contributed by atoms with Gasteiger partial charge in [0.1, 0.15) is 11.4 Å². The summed E-state index contributed by atoms with van der Waals surface area (Å²) in [6.45, 7) is 5.44. The van der Waals surface area contributed by atoms with Crippen LogP contribution in [-0.2, 0) is 6.42 Å². The van der Waals surface area contributed by atoms with E-state index < -0.39 is 0 Å². The van der Waals surface area contributed by atoms with Crippen molar-refractivity contribution in [2.24, 2.45) is 0 Å². The maximum atomic E-state index is 11.8. The van der Waals surface area contributed by atoms with Crippen molar-refractivity contribution >= 4 is 17.2 Å². The topological polar surface area (TPSA) is 85.6 Å². The molecular weight excluding hydrogens is 258 g/mol. The predicted molar refractivity (Wildman–Crippen MR) is 76.4 cm³/mol. The lowest BCUT2D eigenvalue weighted by molar-refractivity contribution is 0.101. The van der Waals surface area contributed by atoms with E-state index in [1.165, 1.54) is 20.1 Å². The van der Waals surface area contributed by atoms with E-state index in [0.29, 0.717) is 41.2 Å². The summed E-state index contributed by atoms with van der Waals surface area (Å²) in [5.74, 6) is 0.269. The lowest BCUT2D eigenvalue weighted by Gasteiger charge is -2.23. The van der Waals surface area contributed by atoms with Gasteiger partial charge in [-0.2, -0.15) is 5.26 Å². The molecule has 0 bridgehead atoms. The standard InChI is InChI=1S/C14H19N3O3/c1-5-10-13(16-8-15)11(9(3)18)7-12(14(10)20-4)17(19)6-2/h7,16,19H,5-6H2,1-4H3. The lowest BCUT2D eigenvalue weighted by atomic mass is 9.99. The van der Waals surface area contributed by atoms with Crippen LogP contribution >= 0.6 is 0 Å². The second-order valence-electron chi connectivity index (χ2n) is 4.19. The number of nitrogens with zero attached hydrogens (tertiary/aromatic N) is 2. The smallest absolute Gasteiger partial charge is 0.181 e. The first-order valence-electron chi connectivity index (χ1n) is 6.38. The maximum Gasteiger partial charge on any atom is 0.181 e. The Kier molecular flexibility index (Phi) is 5.35. The summed E-state index contributed by atoms with van der Waals surface area (Å²) in [5.41, 5.74) is 1.89. The zero-order valence-electron chi connectivity index (χ0n) is 12.1. The molecule has 0 aliphatic heterocycles. The minimum Gasteiger partial charge on any atom is -0.494 e. The number of rotatable bonds is 6. The van der Waals surface area contributed by atoms with E-state index in [1.54, 1.807) is 6.92 Å². The fourth-order valence-corrected chi connectivity index (χ4v) is 2.11. The van der Waals surface area contributed by atoms with E-state index >= 15 is 0 Å². The van der Waals surface area contributed by atoms with Gasteiger partial charge in [0, 0.05) is 17.7 Å². The molecule has 2 N–H and O–H groups in total. The monoisotopic (exact) mass is 277 g/mol. The Bertz CT molecular complexity index is 550. The average Bonchev–Trinajstić information content (AvgIpc) is 2.45. The first-order valence-corrected chi connectivity index (χ1v) is 6.38. The van der Waals surface area contributed by atoms with Crippen LogP contribution in [0.3, 0.4) is 0 Å². The summed E-state index contributed by atoms with van der Waals surface area (Å²) in [6.07, 6.45) is 2.39. The molecule has 6 heteroatoms. The zero-order chi connectivity index (χ0) is 15.3. The zero-order valence-corrected chi connectivity index (χ0v) is 12.1. The number of carbonyl (C=O) groups is 1. The third-order valence-corrected chi connectivity index (χ3v) is 3.05. The highest BCUT2D eigenvalue weighted by Gasteiger charge is 2.22. The van der Waals surface area contributed by atoms with Gasteiger partial charge in [0.25, 0.3) is 0 Å². The van der Waals surface area contributed by atoms with Gasteiger partial charge >= 0.3 is 0 Å². The van der Waals surface area contributed by atoms with Crippen molar-refractivity contribution in [2.45, 2.75) is 27.2 Å². The molecule has 0 amide bonds. The molecule has 20 heavy (non-hydrogen) atoms. The molecule has 6 nitrogen and oxygen atoms in total. The van der Waals surface area contributed by atoms with Crippen LogP contribution in [0.5, 0.6) is 5.75 Å². The highest BCUT2D eigenvalue weighted by atomic mass is 16.5. The SMILES string of the molecule is CCc1c(NC#N)c(C(C)=O)cc(N(O)CC)c1OC. The average molecular weight is 277 g/mol. The summed E-state index contributed by atoms with van der Waals surface area (Å²) in [6, 6.07) is 1.53. The van der Waals surface area contributed by atoms with Crippen LogP contribution in [0.25, 0.3) is 0 Å². The van der Waals surface area contributed by atoms with Gasteiger partial charge in [-0.1, -0.05) is 6.92 Å². The molecule has 0 heterocycles. The molecule has 1 rings (SSSR count). The van der Waals surface area contributed by atoms with Gasteiger partial charge < -0.3 is 4.74 Å². The molecule has 108 valence electrons. The Hall–Kier alpha value is -2.26. The summed E-state index contributed by atoms with van der Waals surface area (Å²) < 4.78 is 5.35. The predicted octanol–water partition coefficient (Wildman–Crippen LogP) is 2.57. The summed E-state index contributed by atoms with van der Waals surface area (Å²) in [7, 11) is 1.49. The number of hydrogen-bond donors (Lipinski definition) is 2. The van der Waals surface area contributed by atoms with Crippen LogP contribution in [0, 0.1) is 11.5 Å². The first kappa shape index (κ1) is 15.8. The quantitative estimate of drug-likeness (QED) is 0.360. The number of ketones is 1. The van der Waals surface area contributed by atoms with Gasteiger partial charge in [0.05, 0.1) is 12.8 Å². The van der Waals surface area contributed by atoms with Gasteiger partial charge in [-0.15, -0.1) is 0 Å². The van der Waals surface area contributed by atoms with Crippen molar-refractivity contribution < 1.29 is 14.7 Å². The highest BCUT2D eigenvalue weighted by Crippen LogP contribution is 2.39. The summed E-state index contributed by atoms with van der Waals surface area (Å²) in [5, 5.41) is 22.4. The van der Waals surface area contributed by atoms with Gasteiger partial charge in [-0.05, 0) is 26.3 Å². The molecule has 0 radical (unpaired) electrons. The minimum absolute atomic E-state index is 0.189. The molecule has 1 aromatic rings. The second kappa shape index (κ2) is 6.78. The summed E-state index contributed by atoms with van der Waals surface area (Å²) >= 11 is 0. The van der Waals surface area contributed by atoms with E-state index in [9.17, 15) is 10.0 Å². The lowest BCUT2D eigenvalue weighted by Crippen LogP contribution is -2.19. The number of Topliss-reactive ketones (excluding diaryl/α,β-unsaturated/α-hetero) is 1. The number of benzene rings is 1. The van der Waals surface area contributed by atoms with Crippen LogP contribution in [-0.4, -0.2) is 24.6 Å². The molecule has 0 saturated carbocycles. The largest absolute Gasteiger partial charge is 0.494 e. The Morgan fingerprint density at radius 3 is 2.60 bits per heavy atom. The highest BCUT2D eigenvalue weighted by molar-refractivity contribution is 6.02. The molecule has 1 aromatic carbocycles. The van der Waals surface area contributed by atoms with E-state index in [-0.39, 0.29) is 5.78 Å². The van der Waals surface area contributed by atoms with Crippen molar-refractivity contribution in [3.8, 4) is 11.9 Å². The molecule has 0 aliphatic carbocycles. The van der Waals surface area contributed by atoms with Gasteiger partial charge in [-0.3, -0.25) is 20.4 Å². The molecule has 0 atom stereocenters. The third kappa shape index (κ3) is 2.83. The fourth-order valence-electron chi connectivity index (χ4n) is 2.11.